The van der Waals surface area contributed by atoms with Crippen LogP contribution in [0.25, 0.3) is 11.0 Å². The van der Waals surface area contributed by atoms with Crippen LogP contribution in [0.5, 0.6) is 0 Å². The summed E-state index contributed by atoms with van der Waals surface area (Å²) in [5.41, 5.74) is 1.19. The molecule has 33 heavy (non-hydrogen) atoms. The molecule has 4 rings (SSSR count). The van der Waals surface area contributed by atoms with Gasteiger partial charge in [0, 0.05) is 19.5 Å². The van der Waals surface area contributed by atoms with E-state index in [1.165, 1.54) is 31.0 Å². The number of sulfone groups is 1. The van der Waals surface area contributed by atoms with Gasteiger partial charge in [-0.15, -0.1) is 0 Å². The van der Waals surface area contributed by atoms with Crippen molar-refractivity contribution >= 4 is 32.5 Å². The quantitative estimate of drug-likeness (QED) is 0.523. The van der Waals surface area contributed by atoms with Gasteiger partial charge in [0.2, 0.25) is 15.7 Å². The number of nitrogens with zero attached hydrogens (tertiary/aromatic N) is 2. The first kappa shape index (κ1) is 23.3. The molecule has 1 aliphatic rings. The van der Waals surface area contributed by atoms with E-state index in [1.807, 2.05) is 13.8 Å². The van der Waals surface area contributed by atoms with Gasteiger partial charge in [0.05, 0.1) is 26.5 Å². The molecule has 0 aliphatic heterocycles. The molecule has 176 valence electrons. The Morgan fingerprint density at radius 2 is 1.61 bits per heavy atom. The van der Waals surface area contributed by atoms with E-state index in [1.54, 1.807) is 33.4 Å². The molecule has 1 saturated carbocycles. The Morgan fingerprint density at radius 1 is 1.00 bits per heavy atom. The second kappa shape index (κ2) is 9.55. The Morgan fingerprint density at radius 3 is 2.21 bits per heavy atom. The van der Waals surface area contributed by atoms with Crippen LogP contribution < -0.4 is 11.0 Å². The summed E-state index contributed by atoms with van der Waals surface area (Å²) in [5.74, 6) is 0.362. The summed E-state index contributed by atoms with van der Waals surface area (Å²) in [4.78, 5) is 25.8. The SMILES string of the molecule is CCn1c(=O)n(CC)c2cc(S(=O)(=O)c3ccccc3)c(NC(=O)CCC3CCCC3)cc21. The molecular weight excluding hydrogens is 438 g/mol. The first-order chi connectivity index (χ1) is 15.9. The molecule has 0 bridgehead atoms. The highest BCUT2D eigenvalue weighted by molar-refractivity contribution is 7.91. The summed E-state index contributed by atoms with van der Waals surface area (Å²) in [7, 11) is -3.91. The highest BCUT2D eigenvalue weighted by atomic mass is 32.2. The summed E-state index contributed by atoms with van der Waals surface area (Å²) in [6.07, 6.45) is 5.89. The van der Waals surface area contributed by atoms with Crippen LogP contribution in [0.4, 0.5) is 5.69 Å². The average Bonchev–Trinajstić information content (AvgIpc) is 3.42. The predicted octanol–water partition coefficient (Wildman–Crippen LogP) is 4.58. The zero-order valence-electron chi connectivity index (χ0n) is 19.2. The Bertz CT molecular complexity index is 1320. The van der Waals surface area contributed by atoms with E-state index >= 15 is 0 Å². The van der Waals surface area contributed by atoms with Crippen molar-refractivity contribution in [1.29, 1.82) is 0 Å². The molecule has 1 N–H and O–H groups in total. The Labute approximate surface area is 194 Å². The summed E-state index contributed by atoms with van der Waals surface area (Å²) in [5, 5.41) is 2.86. The first-order valence-electron chi connectivity index (χ1n) is 11.7. The number of anilines is 1. The lowest BCUT2D eigenvalue weighted by Gasteiger charge is -2.14. The second-order valence-electron chi connectivity index (χ2n) is 8.66. The molecule has 3 aromatic rings. The van der Waals surface area contributed by atoms with E-state index in [0.29, 0.717) is 36.5 Å². The molecule has 8 heteroatoms. The molecule has 0 unspecified atom stereocenters. The lowest BCUT2D eigenvalue weighted by atomic mass is 10.0. The van der Waals surface area contributed by atoms with E-state index in [0.717, 1.165) is 19.3 Å². The number of hydrogen-bond acceptors (Lipinski definition) is 4. The highest BCUT2D eigenvalue weighted by Gasteiger charge is 2.26. The van der Waals surface area contributed by atoms with Crippen molar-refractivity contribution < 1.29 is 13.2 Å². The summed E-state index contributed by atoms with van der Waals surface area (Å²) >= 11 is 0. The molecule has 7 nitrogen and oxygen atoms in total. The molecule has 1 aromatic heterocycles. The van der Waals surface area contributed by atoms with Gasteiger partial charge in [-0.25, -0.2) is 13.2 Å². The smallest absolute Gasteiger partial charge is 0.325 e. The number of carbonyl (C=O) groups is 1. The van der Waals surface area contributed by atoms with Gasteiger partial charge in [0.1, 0.15) is 0 Å². The minimum atomic E-state index is -3.91. The number of nitrogens with one attached hydrogen (secondary N) is 1. The Balaban J connectivity index is 1.81. The fourth-order valence-corrected chi connectivity index (χ4v) is 6.28. The number of hydrogen-bond donors (Lipinski definition) is 1. The van der Waals surface area contributed by atoms with Crippen LogP contribution in [0.1, 0.15) is 52.4 Å². The number of rotatable bonds is 8. The molecule has 1 fully saturated rings. The minimum absolute atomic E-state index is 0.00543. The second-order valence-corrected chi connectivity index (χ2v) is 10.6. The van der Waals surface area contributed by atoms with Crippen molar-refractivity contribution in [2.75, 3.05) is 5.32 Å². The average molecular weight is 470 g/mol. The Kier molecular flexibility index (Phi) is 6.74. The normalized spacial score (nSPS) is 14.7. The van der Waals surface area contributed by atoms with E-state index in [-0.39, 0.29) is 27.1 Å². The van der Waals surface area contributed by atoms with Crippen LogP contribution in [-0.4, -0.2) is 23.5 Å². The molecule has 0 atom stereocenters. The summed E-state index contributed by atoms with van der Waals surface area (Å²) in [6.45, 7) is 4.59. The summed E-state index contributed by atoms with van der Waals surface area (Å²) in [6, 6.07) is 11.3. The standard InChI is InChI=1S/C25H31N3O4S/c1-3-27-21-16-20(26-24(29)15-14-18-10-8-9-11-18)23(17-22(21)28(4-2)25(27)30)33(31,32)19-12-6-5-7-13-19/h5-7,12-13,16-18H,3-4,8-11,14-15H2,1-2H3,(H,26,29). The number of benzene rings is 2. The van der Waals surface area contributed by atoms with Gasteiger partial charge in [0.25, 0.3) is 0 Å². The molecule has 1 heterocycles. The number of fused-ring (bicyclic) bond motifs is 1. The molecule has 1 amide bonds. The Hall–Kier alpha value is -2.87. The lowest BCUT2D eigenvalue weighted by Crippen LogP contribution is -2.23. The van der Waals surface area contributed by atoms with Crippen molar-refractivity contribution in [2.45, 2.75) is 75.3 Å². The highest BCUT2D eigenvalue weighted by Crippen LogP contribution is 2.33. The zero-order valence-corrected chi connectivity index (χ0v) is 20.0. The number of carbonyl (C=O) groups excluding carboxylic acids is 1. The third-order valence-electron chi connectivity index (χ3n) is 6.62. The monoisotopic (exact) mass is 469 g/mol. The van der Waals surface area contributed by atoms with Crippen LogP contribution in [0, 0.1) is 5.92 Å². The molecule has 0 saturated heterocycles. The van der Waals surface area contributed by atoms with E-state index in [9.17, 15) is 18.0 Å². The van der Waals surface area contributed by atoms with Crippen LogP contribution in [-0.2, 0) is 27.7 Å². The molecule has 2 aromatic carbocycles. The minimum Gasteiger partial charge on any atom is -0.325 e. The van der Waals surface area contributed by atoms with Crippen LogP contribution in [0.15, 0.2) is 57.1 Å². The first-order valence-corrected chi connectivity index (χ1v) is 13.2. The van der Waals surface area contributed by atoms with Crippen molar-refractivity contribution in [2.24, 2.45) is 5.92 Å². The fraction of sp³-hybridized carbons (Fsp3) is 0.440. The van der Waals surface area contributed by atoms with Gasteiger partial charge in [-0.3, -0.25) is 13.9 Å². The van der Waals surface area contributed by atoms with Gasteiger partial charge >= 0.3 is 5.69 Å². The van der Waals surface area contributed by atoms with Crippen LogP contribution in [0.3, 0.4) is 0 Å². The number of amides is 1. The molecule has 0 spiro atoms. The maximum absolute atomic E-state index is 13.6. The van der Waals surface area contributed by atoms with Crippen LogP contribution >= 0.6 is 0 Å². The van der Waals surface area contributed by atoms with E-state index in [2.05, 4.69) is 5.32 Å². The van der Waals surface area contributed by atoms with Crippen molar-refractivity contribution in [1.82, 2.24) is 9.13 Å². The molecule has 1 aliphatic carbocycles. The molecular formula is C25H31N3O4S. The number of aryl methyl sites for hydroxylation is 2. The largest absolute Gasteiger partial charge is 0.329 e. The van der Waals surface area contributed by atoms with Gasteiger partial charge in [-0.05, 0) is 50.5 Å². The predicted molar refractivity (Wildman–Crippen MR) is 129 cm³/mol. The third kappa shape index (κ3) is 4.49. The maximum Gasteiger partial charge on any atom is 0.329 e. The number of aromatic nitrogens is 2. The van der Waals surface area contributed by atoms with Crippen molar-refractivity contribution in [3.63, 3.8) is 0 Å². The van der Waals surface area contributed by atoms with Crippen molar-refractivity contribution in [3.8, 4) is 0 Å². The maximum atomic E-state index is 13.6. The fourth-order valence-electron chi connectivity index (χ4n) is 4.85. The van der Waals surface area contributed by atoms with Gasteiger partial charge < -0.3 is 5.32 Å². The van der Waals surface area contributed by atoms with E-state index in [4.69, 9.17) is 0 Å². The van der Waals surface area contributed by atoms with Crippen molar-refractivity contribution in [3.05, 3.63) is 52.9 Å². The van der Waals surface area contributed by atoms with Gasteiger partial charge in [-0.1, -0.05) is 43.9 Å². The zero-order chi connectivity index (χ0) is 23.6. The van der Waals surface area contributed by atoms with E-state index < -0.39 is 9.84 Å². The van der Waals surface area contributed by atoms with Gasteiger partial charge in [-0.2, -0.15) is 0 Å². The topological polar surface area (TPSA) is 90.2 Å². The number of imidazole rings is 1. The summed E-state index contributed by atoms with van der Waals surface area (Å²) < 4.78 is 30.3. The van der Waals surface area contributed by atoms with Crippen LogP contribution in [0.2, 0.25) is 0 Å². The van der Waals surface area contributed by atoms with Gasteiger partial charge in [0.15, 0.2) is 0 Å². The lowest BCUT2D eigenvalue weighted by molar-refractivity contribution is -0.116. The molecule has 0 radical (unpaired) electrons. The third-order valence-corrected chi connectivity index (χ3v) is 8.43.